The van der Waals surface area contributed by atoms with E-state index in [1.165, 1.54) is 32.8 Å². The Balaban J connectivity index is 1.94. The fourth-order valence-electron chi connectivity index (χ4n) is 2.43. The Bertz CT molecular complexity index is 201. The molecule has 0 spiro atoms. The van der Waals surface area contributed by atoms with Gasteiger partial charge in [0.25, 0.3) is 0 Å². The topological polar surface area (TPSA) is 26.3 Å². The minimum atomic E-state index is -0.0791. The molecule has 0 N–H and O–H groups in total. The molecule has 0 aromatic rings. The second-order valence-electron chi connectivity index (χ2n) is 4.80. The molecule has 0 aromatic carbocycles. The van der Waals surface area contributed by atoms with Crippen molar-refractivity contribution in [2.45, 2.75) is 51.4 Å². The quantitative estimate of drug-likeness (QED) is 0.488. The van der Waals surface area contributed by atoms with Gasteiger partial charge in [-0.2, -0.15) is 0 Å². The molecule has 2 heteroatoms. The van der Waals surface area contributed by atoms with Crippen LogP contribution in [0.2, 0.25) is 0 Å². The van der Waals surface area contributed by atoms with E-state index in [0.29, 0.717) is 6.42 Å². The molecule has 1 fully saturated rings. The lowest BCUT2D eigenvalue weighted by Crippen LogP contribution is -2.00. The first-order chi connectivity index (χ1) is 7.76. The summed E-state index contributed by atoms with van der Waals surface area (Å²) in [6, 6.07) is 0. The average molecular weight is 224 g/mol. The molecule has 0 aromatic heterocycles. The predicted molar refractivity (Wildman–Crippen MR) is 65.6 cm³/mol. The highest BCUT2D eigenvalue weighted by Crippen LogP contribution is 2.34. The summed E-state index contributed by atoms with van der Waals surface area (Å²) in [6.45, 7) is 3.97. The number of esters is 1. The Hall–Kier alpha value is -0.530. The first-order valence-corrected chi connectivity index (χ1v) is 6.45. The van der Waals surface area contributed by atoms with Crippen LogP contribution in [-0.2, 0) is 9.53 Å². The van der Waals surface area contributed by atoms with Gasteiger partial charge in [0.2, 0.25) is 0 Å². The summed E-state index contributed by atoms with van der Waals surface area (Å²) in [7, 11) is 1.45. The number of unbranched alkanes of at least 4 members (excludes halogenated alkanes) is 2. The van der Waals surface area contributed by atoms with Crippen LogP contribution in [0.25, 0.3) is 0 Å². The molecule has 0 aliphatic heterocycles. The molecule has 2 unspecified atom stereocenters. The second-order valence-corrected chi connectivity index (χ2v) is 4.80. The molecule has 1 aliphatic rings. The van der Waals surface area contributed by atoms with E-state index in [0.717, 1.165) is 31.1 Å². The van der Waals surface area contributed by atoms with E-state index in [9.17, 15) is 4.79 Å². The van der Waals surface area contributed by atoms with Crippen molar-refractivity contribution < 1.29 is 9.53 Å². The Morgan fingerprint density at radius 3 is 2.88 bits per heavy atom. The molecule has 0 bridgehead atoms. The van der Waals surface area contributed by atoms with Gasteiger partial charge in [0, 0.05) is 6.42 Å². The van der Waals surface area contributed by atoms with Gasteiger partial charge in [-0.1, -0.05) is 32.6 Å². The maximum atomic E-state index is 10.9. The zero-order valence-electron chi connectivity index (χ0n) is 10.4. The molecule has 2 radical (unpaired) electrons. The number of methoxy groups -OCH3 is 1. The lowest BCUT2D eigenvalue weighted by Gasteiger charge is -2.09. The third-order valence-electron chi connectivity index (χ3n) is 3.53. The molecule has 0 amide bonds. The Labute approximate surface area is 99.8 Å². The summed E-state index contributed by atoms with van der Waals surface area (Å²) in [6.07, 6.45) is 11.4. The fraction of sp³-hybridized carbons (Fsp3) is 0.786. The number of rotatable bonds is 7. The summed E-state index contributed by atoms with van der Waals surface area (Å²) in [5, 5.41) is 0. The molecule has 2 nitrogen and oxygen atoms in total. The molecule has 0 heterocycles. The van der Waals surface area contributed by atoms with E-state index in [1.807, 2.05) is 0 Å². The van der Waals surface area contributed by atoms with E-state index in [2.05, 4.69) is 18.1 Å². The molecule has 16 heavy (non-hydrogen) atoms. The normalized spacial score (nSPS) is 24.6. The SMILES string of the molecule is [CH2]CC1C[CH]C(CCCCCC(=O)OC)C1. The van der Waals surface area contributed by atoms with Crippen LogP contribution in [-0.4, -0.2) is 13.1 Å². The lowest BCUT2D eigenvalue weighted by atomic mass is 9.97. The van der Waals surface area contributed by atoms with Crippen molar-refractivity contribution in [3.63, 3.8) is 0 Å². The van der Waals surface area contributed by atoms with Crippen molar-refractivity contribution in [3.8, 4) is 0 Å². The molecule has 0 saturated heterocycles. The van der Waals surface area contributed by atoms with Gasteiger partial charge in [-0.3, -0.25) is 4.79 Å². The van der Waals surface area contributed by atoms with Crippen LogP contribution in [0.3, 0.4) is 0 Å². The van der Waals surface area contributed by atoms with Crippen LogP contribution >= 0.6 is 0 Å². The van der Waals surface area contributed by atoms with E-state index < -0.39 is 0 Å². The van der Waals surface area contributed by atoms with Crippen molar-refractivity contribution in [2.75, 3.05) is 7.11 Å². The highest BCUT2D eigenvalue weighted by Gasteiger charge is 2.22. The highest BCUT2D eigenvalue weighted by atomic mass is 16.5. The first-order valence-electron chi connectivity index (χ1n) is 6.45. The van der Waals surface area contributed by atoms with Crippen molar-refractivity contribution in [1.29, 1.82) is 0 Å². The maximum Gasteiger partial charge on any atom is 0.305 e. The molecule has 2 atom stereocenters. The van der Waals surface area contributed by atoms with Gasteiger partial charge in [-0.15, -0.1) is 0 Å². The first kappa shape index (κ1) is 13.5. The van der Waals surface area contributed by atoms with Crippen LogP contribution < -0.4 is 0 Å². The highest BCUT2D eigenvalue weighted by molar-refractivity contribution is 5.68. The van der Waals surface area contributed by atoms with Gasteiger partial charge in [-0.25, -0.2) is 0 Å². The number of hydrogen-bond donors (Lipinski definition) is 0. The summed E-state index contributed by atoms with van der Waals surface area (Å²) in [5.41, 5.74) is 0. The zero-order valence-corrected chi connectivity index (χ0v) is 10.4. The van der Waals surface area contributed by atoms with Gasteiger partial charge >= 0.3 is 5.97 Å². The van der Waals surface area contributed by atoms with Crippen molar-refractivity contribution in [3.05, 3.63) is 13.3 Å². The average Bonchev–Trinajstić information content (AvgIpc) is 2.76. The number of ether oxygens (including phenoxy) is 1. The molecular formula is C14H24O2. The molecule has 1 saturated carbocycles. The minimum absolute atomic E-state index is 0.0791. The van der Waals surface area contributed by atoms with E-state index in [1.54, 1.807) is 0 Å². The van der Waals surface area contributed by atoms with E-state index in [-0.39, 0.29) is 5.97 Å². The molecular weight excluding hydrogens is 200 g/mol. The summed E-state index contributed by atoms with van der Waals surface area (Å²) in [4.78, 5) is 10.9. The zero-order chi connectivity index (χ0) is 11.8. The monoisotopic (exact) mass is 224 g/mol. The summed E-state index contributed by atoms with van der Waals surface area (Å²) < 4.78 is 4.61. The summed E-state index contributed by atoms with van der Waals surface area (Å²) >= 11 is 0. The molecule has 1 aliphatic carbocycles. The standard InChI is InChI=1S/C14H24O2/c1-3-12-9-10-13(11-12)7-5-4-6-8-14(15)16-2/h10,12-13H,1,3-9,11H2,2H3. The number of hydrogen-bond acceptors (Lipinski definition) is 2. The van der Waals surface area contributed by atoms with Crippen LogP contribution in [0.5, 0.6) is 0 Å². The second kappa shape index (κ2) is 7.70. The largest absolute Gasteiger partial charge is 0.469 e. The van der Waals surface area contributed by atoms with Crippen LogP contribution in [0.1, 0.15) is 51.4 Å². The van der Waals surface area contributed by atoms with Crippen LogP contribution in [0, 0.1) is 25.2 Å². The molecule has 1 rings (SSSR count). The Morgan fingerprint density at radius 1 is 1.44 bits per heavy atom. The third-order valence-corrected chi connectivity index (χ3v) is 3.53. The summed E-state index contributed by atoms with van der Waals surface area (Å²) in [5.74, 6) is 1.56. The van der Waals surface area contributed by atoms with Gasteiger partial charge in [0.15, 0.2) is 0 Å². The van der Waals surface area contributed by atoms with Crippen molar-refractivity contribution in [2.24, 2.45) is 11.8 Å². The number of carbonyl (C=O) groups is 1. The van der Waals surface area contributed by atoms with Gasteiger partial charge in [0.05, 0.1) is 7.11 Å². The van der Waals surface area contributed by atoms with Gasteiger partial charge < -0.3 is 4.74 Å². The van der Waals surface area contributed by atoms with Crippen LogP contribution in [0.4, 0.5) is 0 Å². The van der Waals surface area contributed by atoms with E-state index in [4.69, 9.17) is 0 Å². The number of carbonyl (C=O) groups excluding carboxylic acids is 1. The maximum absolute atomic E-state index is 10.9. The lowest BCUT2D eigenvalue weighted by molar-refractivity contribution is -0.140. The predicted octanol–water partition coefficient (Wildman–Crippen LogP) is 3.56. The smallest absolute Gasteiger partial charge is 0.305 e. The Morgan fingerprint density at radius 2 is 2.25 bits per heavy atom. The molecule has 92 valence electrons. The fourth-order valence-corrected chi connectivity index (χ4v) is 2.43. The Kier molecular flexibility index (Phi) is 6.51. The van der Waals surface area contributed by atoms with Crippen LogP contribution in [0.15, 0.2) is 0 Å². The van der Waals surface area contributed by atoms with Crippen molar-refractivity contribution >= 4 is 5.97 Å². The minimum Gasteiger partial charge on any atom is -0.469 e. The third kappa shape index (κ3) is 5.00. The van der Waals surface area contributed by atoms with Gasteiger partial charge in [-0.05, 0) is 37.5 Å². The van der Waals surface area contributed by atoms with Gasteiger partial charge in [0.1, 0.15) is 0 Å². The van der Waals surface area contributed by atoms with Crippen molar-refractivity contribution in [1.82, 2.24) is 0 Å². The van der Waals surface area contributed by atoms with E-state index >= 15 is 0 Å².